The van der Waals surface area contributed by atoms with Crippen LogP contribution in [0.3, 0.4) is 0 Å². The third kappa shape index (κ3) is 3.74. The van der Waals surface area contributed by atoms with E-state index in [1.54, 1.807) is 19.2 Å². The first-order chi connectivity index (χ1) is 14.5. The lowest BCUT2D eigenvalue weighted by molar-refractivity contribution is 0.0600. The second-order valence-corrected chi connectivity index (χ2v) is 8.96. The van der Waals surface area contributed by atoms with Crippen molar-refractivity contribution in [3.8, 4) is 11.5 Å². The van der Waals surface area contributed by atoms with Crippen LogP contribution in [-0.2, 0) is 15.5 Å². The van der Waals surface area contributed by atoms with Crippen molar-refractivity contribution in [2.75, 3.05) is 32.3 Å². The second-order valence-electron chi connectivity index (χ2n) is 7.34. The molecule has 158 valence electrons. The molecule has 2 aromatic carbocycles. The van der Waals surface area contributed by atoms with Gasteiger partial charge in [-0.3, -0.25) is 9.20 Å². The van der Waals surface area contributed by atoms with Gasteiger partial charge in [0.1, 0.15) is 0 Å². The molecule has 4 rings (SSSR count). The van der Waals surface area contributed by atoms with Crippen LogP contribution in [0.2, 0.25) is 0 Å². The summed E-state index contributed by atoms with van der Waals surface area (Å²) < 4.78 is 28.5. The van der Waals surface area contributed by atoms with E-state index in [9.17, 15) is 9.00 Å². The summed E-state index contributed by atoms with van der Waals surface area (Å²) in [6.07, 6.45) is 0.788. The predicted octanol–water partition coefficient (Wildman–Crippen LogP) is 3.34. The fourth-order valence-electron chi connectivity index (χ4n) is 4.16. The third-order valence-electron chi connectivity index (χ3n) is 5.64. The van der Waals surface area contributed by atoms with Crippen LogP contribution in [0, 0.1) is 0 Å². The number of carbonyl (C=O) groups excluding carboxylic acids is 1. The fourth-order valence-corrected chi connectivity index (χ4v) is 5.64. The SMILES string of the molecule is CCOc1cc2c(cc1OC)C(c1ccc(C(=O)OC)cc1)=N[C@@H]1CC[S@@](=O)C[C@H]21. The van der Waals surface area contributed by atoms with Crippen LogP contribution in [0.15, 0.2) is 41.4 Å². The number of carbonyl (C=O) groups is 1. The van der Waals surface area contributed by atoms with Crippen LogP contribution in [0.1, 0.15) is 46.3 Å². The van der Waals surface area contributed by atoms with Gasteiger partial charge in [-0.1, -0.05) is 12.1 Å². The van der Waals surface area contributed by atoms with Gasteiger partial charge in [0, 0.05) is 39.4 Å². The zero-order chi connectivity index (χ0) is 21.3. The maximum absolute atomic E-state index is 12.3. The zero-order valence-corrected chi connectivity index (χ0v) is 18.2. The minimum absolute atomic E-state index is 0.0772. The summed E-state index contributed by atoms with van der Waals surface area (Å²) in [4.78, 5) is 16.9. The molecule has 0 N–H and O–H groups in total. The Morgan fingerprint density at radius 1 is 1.17 bits per heavy atom. The standard InChI is InChI=1S/C23H25NO5S/c1-4-29-21-11-16-17(12-20(21)27-2)22(24-19-9-10-30(26)13-18(16)19)14-5-7-15(8-6-14)23(25)28-3/h5-8,11-12,18-19H,4,9-10,13H2,1-3H3/t18-,19-,30-/m1/s1. The van der Waals surface area contributed by atoms with Crippen molar-refractivity contribution < 1.29 is 23.2 Å². The van der Waals surface area contributed by atoms with Crippen LogP contribution in [0.25, 0.3) is 0 Å². The van der Waals surface area contributed by atoms with Crippen molar-refractivity contribution in [2.45, 2.75) is 25.3 Å². The van der Waals surface area contributed by atoms with Crippen molar-refractivity contribution in [1.29, 1.82) is 0 Å². The van der Waals surface area contributed by atoms with E-state index in [4.69, 9.17) is 19.2 Å². The van der Waals surface area contributed by atoms with E-state index in [-0.39, 0.29) is 17.9 Å². The van der Waals surface area contributed by atoms with Gasteiger partial charge in [-0.25, -0.2) is 4.79 Å². The van der Waals surface area contributed by atoms with Gasteiger partial charge in [-0.05, 0) is 43.2 Å². The van der Waals surface area contributed by atoms with E-state index in [1.807, 2.05) is 31.2 Å². The number of aliphatic imine (C=N–C) groups is 1. The molecule has 2 heterocycles. The maximum Gasteiger partial charge on any atom is 0.337 e. The van der Waals surface area contributed by atoms with Crippen molar-refractivity contribution in [3.63, 3.8) is 0 Å². The highest BCUT2D eigenvalue weighted by Gasteiger charge is 2.37. The molecule has 0 radical (unpaired) electrons. The fraction of sp³-hybridized carbons (Fsp3) is 0.391. The minimum Gasteiger partial charge on any atom is -0.493 e. The van der Waals surface area contributed by atoms with Crippen LogP contribution in [0.4, 0.5) is 0 Å². The summed E-state index contributed by atoms with van der Waals surface area (Å²) in [5.41, 5.74) is 4.32. The molecule has 6 nitrogen and oxygen atoms in total. The molecule has 1 saturated heterocycles. The molecule has 2 aliphatic heterocycles. The van der Waals surface area contributed by atoms with Crippen molar-refractivity contribution in [1.82, 2.24) is 0 Å². The Kier molecular flexibility index (Phi) is 5.90. The minimum atomic E-state index is -0.841. The van der Waals surface area contributed by atoms with Crippen LogP contribution in [-0.4, -0.2) is 54.3 Å². The molecule has 0 amide bonds. The van der Waals surface area contributed by atoms with E-state index in [0.717, 1.165) is 28.8 Å². The molecule has 0 aliphatic carbocycles. The number of nitrogens with zero attached hydrogens (tertiary/aromatic N) is 1. The number of rotatable bonds is 5. The molecule has 0 aromatic heterocycles. The number of fused-ring (bicyclic) bond motifs is 3. The van der Waals surface area contributed by atoms with Gasteiger partial charge in [-0.15, -0.1) is 0 Å². The molecule has 0 saturated carbocycles. The first-order valence-corrected chi connectivity index (χ1v) is 11.5. The third-order valence-corrected chi connectivity index (χ3v) is 7.06. The molecule has 30 heavy (non-hydrogen) atoms. The summed E-state index contributed by atoms with van der Waals surface area (Å²) in [7, 11) is 2.15. The molecule has 3 atom stereocenters. The van der Waals surface area contributed by atoms with Crippen molar-refractivity contribution in [3.05, 3.63) is 58.7 Å². The largest absolute Gasteiger partial charge is 0.493 e. The molecular formula is C23H25NO5S. The normalized spacial score (nSPS) is 22.4. The van der Waals surface area contributed by atoms with Crippen LogP contribution in [0.5, 0.6) is 11.5 Å². The van der Waals surface area contributed by atoms with Gasteiger partial charge < -0.3 is 14.2 Å². The Balaban J connectivity index is 1.84. The smallest absolute Gasteiger partial charge is 0.337 e. The van der Waals surface area contributed by atoms with Crippen molar-refractivity contribution in [2.24, 2.45) is 4.99 Å². The Labute approximate surface area is 178 Å². The van der Waals surface area contributed by atoms with Gasteiger partial charge in [0.15, 0.2) is 11.5 Å². The zero-order valence-electron chi connectivity index (χ0n) is 17.3. The highest BCUT2D eigenvalue weighted by molar-refractivity contribution is 7.85. The second kappa shape index (κ2) is 8.60. The van der Waals surface area contributed by atoms with E-state index < -0.39 is 10.8 Å². The summed E-state index contributed by atoms with van der Waals surface area (Å²) >= 11 is 0. The monoisotopic (exact) mass is 427 g/mol. The van der Waals surface area contributed by atoms with Crippen LogP contribution < -0.4 is 9.47 Å². The van der Waals surface area contributed by atoms with E-state index in [0.29, 0.717) is 35.2 Å². The number of methoxy groups -OCH3 is 2. The molecule has 2 aliphatic rings. The molecular weight excluding hydrogens is 402 g/mol. The highest BCUT2D eigenvalue weighted by Crippen LogP contribution is 2.42. The molecule has 0 bridgehead atoms. The highest BCUT2D eigenvalue weighted by atomic mass is 32.2. The first kappa shape index (κ1) is 20.6. The first-order valence-electron chi connectivity index (χ1n) is 10.0. The number of benzene rings is 2. The Morgan fingerprint density at radius 3 is 2.60 bits per heavy atom. The maximum atomic E-state index is 12.3. The lowest BCUT2D eigenvalue weighted by atomic mass is 9.81. The Bertz CT molecular complexity index is 1010. The summed E-state index contributed by atoms with van der Waals surface area (Å²) in [6, 6.07) is 11.3. The number of ether oxygens (including phenoxy) is 3. The lowest BCUT2D eigenvalue weighted by Crippen LogP contribution is -2.35. The number of esters is 1. The summed E-state index contributed by atoms with van der Waals surface area (Å²) in [5.74, 6) is 2.33. The average Bonchev–Trinajstić information content (AvgIpc) is 2.78. The Hall–Kier alpha value is -2.67. The summed E-state index contributed by atoms with van der Waals surface area (Å²) in [6.45, 7) is 2.47. The van der Waals surface area contributed by atoms with Crippen molar-refractivity contribution >= 4 is 22.5 Å². The van der Waals surface area contributed by atoms with Gasteiger partial charge in [0.25, 0.3) is 0 Å². The molecule has 0 unspecified atom stereocenters. The number of hydrogen-bond acceptors (Lipinski definition) is 6. The van der Waals surface area contributed by atoms with E-state index in [1.165, 1.54) is 7.11 Å². The molecule has 7 heteroatoms. The van der Waals surface area contributed by atoms with Gasteiger partial charge in [0.05, 0.1) is 38.1 Å². The molecule has 0 spiro atoms. The lowest BCUT2D eigenvalue weighted by Gasteiger charge is -2.35. The summed E-state index contributed by atoms with van der Waals surface area (Å²) in [5, 5.41) is 0. The molecule has 1 fully saturated rings. The van der Waals surface area contributed by atoms with Gasteiger partial charge >= 0.3 is 5.97 Å². The van der Waals surface area contributed by atoms with Crippen LogP contribution >= 0.6 is 0 Å². The topological polar surface area (TPSA) is 74.2 Å². The van der Waals surface area contributed by atoms with E-state index >= 15 is 0 Å². The average molecular weight is 428 g/mol. The molecule has 2 aromatic rings. The van der Waals surface area contributed by atoms with E-state index in [2.05, 4.69) is 0 Å². The van der Waals surface area contributed by atoms with Gasteiger partial charge in [0.2, 0.25) is 0 Å². The number of hydrogen-bond donors (Lipinski definition) is 0. The van der Waals surface area contributed by atoms with Gasteiger partial charge in [-0.2, -0.15) is 0 Å². The predicted molar refractivity (Wildman–Crippen MR) is 117 cm³/mol. The Morgan fingerprint density at radius 2 is 1.93 bits per heavy atom. The quantitative estimate of drug-likeness (QED) is 0.685.